The smallest absolute Gasteiger partial charge is 0.251 e. The third-order valence-corrected chi connectivity index (χ3v) is 5.30. The molecule has 30 heavy (non-hydrogen) atoms. The first kappa shape index (κ1) is 23.9. The highest BCUT2D eigenvalue weighted by molar-refractivity contribution is 5.99. The SMILES string of the molecule is CCN(CC)c1ccc(C(=O)N[C@@H](CC(C)(C)C)C(=O)N[C@@H]2C(=O)CO[C@@H]2C)cc1. The highest BCUT2D eigenvalue weighted by atomic mass is 16.5. The number of hydrogen-bond donors (Lipinski definition) is 2. The largest absolute Gasteiger partial charge is 0.372 e. The van der Waals surface area contributed by atoms with Crippen molar-refractivity contribution in [1.82, 2.24) is 10.6 Å². The number of ketones is 1. The number of amides is 2. The number of Topliss-reactive ketones (excluding diaryl/α,β-unsaturated/α-hetero) is 1. The summed E-state index contributed by atoms with van der Waals surface area (Å²) in [6.07, 6.45) is 0.0678. The number of rotatable bonds is 8. The Morgan fingerprint density at radius 3 is 2.23 bits per heavy atom. The number of hydrogen-bond acceptors (Lipinski definition) is 5. The standard InChI is InChI=1S/C23H35N3O4/c1-7-26(8-2)17-11-9-16(10-12-17)21(28)24-18(13-23(4,5)6)22(29)25-20-15(3)30-14-19(20)27/h9-12,15,18,20H,7-8,13-14H2,1-6H3,(H,24,28)(H,25,29)/t15-,18+,20+/m1/s1. The van der Waals surface area contributed by atoms with Gasteiger partial charge in [0.25, 0.3) is 5.91 Å². The van der Waals surface area contributed by atoms with Gasteiger partial charge in [0.15, 0.2) is 5.78 Å². The summed E-state index contributed by atoms with van der Waals surface area (Å²) in [7, 11) is 0. The lowest BCUT2D eigenvalue weighted by Crippen LogP contribution is -2.53. The molecule has 7 nitrogen and oxygen atoms in total. The van der Waals surface area contributed by atoms with Gasteiger partial charge in [0.05, 0.1) is 6.10 Å². The summed E-state index contributed by atoms with van der Waals surface area (Å²) in [6.45, 7) is 13.7. The van der Waals surface area contributed by atoms with Crippen molar-refractivity contribution in [3.8, 4) is 0 Å². The Labute approximate surface area is 179 Å². The van der Waals surface area contributed by atoms with Crippen molar-refractivity contribution >= 4 is 23.3 Å². The van der Waals surface area contributed by atoms with Crippen molar-refractivity contribution in [1.29, 1.82) is 0 Å². The number of benzene rings is 1. The van der Waals surface area contributed by atoms with Crippen LogP contribution in [0.1, 0.15) is 58.3 Å². The van der Waals surface area contributed by atoms with Crippen LogP contribution in [0.3, 0.4) is 0 Å². The van der Waals surface area contributed by atoms with Gasteiger partial charge in [-0.1, -0.05) is 20.8 Å². The molecular formula is C23H35N3O4. The summed E-state index contributed by atoms with van der Waals surface area (Å²) in [4.78, 5) is 39.9. The molecule has 1 aliphatic rings. The fourth-order valence-corrected chi connectivity index (χ4v) is 3.59. The number of carbonyl (C=O) groups is 3. The molecular weight excluding hydrogens is 382 g/mol. The van der Waals surface area contributed by atoms with Crippen LogP contribution in [0.4, 0.5) is 5.69 Å². The molecule has 7 heteroatoms. The second kappa shape index (κ2) is 10.1. The number of nitrogens with one attached hydrogen (secondary N) is 2. The summed E-state index contributed by atoms with van der Waals surface area (Å²) < 4.78 is 5.30. The minimum Gasteiger partial charge on any atom is -0.372 e. The van der Waals surface area contributed by atoms with Crippen LogP contribution in [0.5, 0.6) is 0 Å². The zero-order chi connectivity index (χ0) is 22.5. The van der Waals surface area contributed by atoms with E-state index in [2.05, 4.69) is 29.4 Å². The summed E-state index contributed by atoms with van der Waals surface area (Å²) >= 11 is 0. The average molecular weight is 418 g/mol. The zero-order valence-electron chi connectivity index (χ0n) is 19.0. The molecule has 0 bridgehead atoms. The van der Waals surface area contributed by atoms with E-state index in [-0.39, 0.29) is 35.7 Å². The lowest BCUT2D eigenvalue weighted by Gasteiger charge is -2.27. The second-order valence-corrected chi connectivity index (χ2v) is 8.98. The van der Waals surface area contributed by atoms with E-state index in [0.717, 1.165) is 18.8 Å². The van der Waals surface area contributed by atoms with Crippen LogP contribution in [0.15, 0.2) is 24.3 Å². The molecule has 0 unspecified atom stereocenters. The molecule has 1 aromatic rings. The molecule has 166 valence electrons. The Morgan fingerprint density at radius 1 is 1.17 bits per heavy atom. The Morgan fingerprint density at radius 2 is 1.77 bits per heavy atom. The van der Waals surface area contributed by atoms with Crippen molar-refractivity contribution in [2.24, 2.45) is 5.41 Å². The number of nitrogens with zero attached hydrogens (tertiary/aromatic N) is 1. The number of ether oxygens (including phenoxy) is 1. The molecule has 1 heterocycles. The van der Waals surface area contributed by atoms with Gasteiger partial charge in [-0.3, -0.25) is 14.4 Å². The lowest BCUT2D eigenvalue weighted by atomic mass is 9.87. The highest BCUT2D eigenvalue weighted by Crippen LogP contribution is 2.22. The summed E-state index contributed by atoms with van der Waals surface area (Å²) in [5.41, 5.74) is 1.35. The molecule has 0 radical (unpaired) electrons. The summed E-state index contributed by atoms with van der Waals surface area (Å²) in [5.74, 6) is -0.829. The first-order valence-electron chi connectivity index (χ1n) is 10.7. The van der Waals surface area contributed by atoms with Gasteiger partial charge in [-0.2, -0.15) is 0 Å². The van der Waals surface area contributed by atoms with Gasteiger partial charge in [0.2, 0.25) is 5.91 Å². The van der Waals surface area contributed by atoms with Crippen LogP contribution < -0.4 is 15.5 Å². The van der Waals surface area contributed by atoms with Crippen LogP contribution in [0.25, 0.3) is 0 Å². The van der Waals surface area contributed by atoms with Crippen LogP contribution in [0.2, 0.25) is 0 Å². The zero-order valence-corrected chi connectivity index (χ0v) is 19.0. The molecule has 0 aromatic heterocycles. The lowest BCUT2D eigenvalue weighted by molar-refractivity contribution is -0.128. The van der Waals surface area contributed by atoms with E-state index >= 15 is 0 Å². The number of carbonyl (C=O) groups excluding carboxylic acids is 3. The molecule has 0 saturated carbocycles. The van der Waals surface area contributed by atoms with Crippen molar-refractivity contribution in [3.05, 3.63) is 29.8 Å². The maximum Gasteiger partial charge on any atom is 0.251 e. The van der Waals surface area contributed by atoms with Gasteiger partial charge >= 0.3 is 0 Å². The molecule has 1 aromatic carbocycles. The Balaban J connectivity index is 2.12. The minimum atomic E-state index is -0.749. The van der Waals surface area contributed by atoms with Crippen molar-refractivity contribution in [2.45, 2.75) is 66.2 Å². The van der Waals surface area contributed by atoms with E-state index in [4.69, 9.17) is 4.74 Å². The minimum absolute atomic E-state index is 0.00129. The molecule has 2 amide bonds. The summed E-state index contributed by atoms with van der Waals surface area (Å²) in [6, 6.07) is 5.94. The van der Waals surface area contributed by atoms with Gasteiger partial charge < -0.3 is 20.3 Å². The first-order valence-corrected chi connectivity index (χ1v) is 10.7. The molecule has 3 atom stereocenters. The number of anilines is 1. The van der Waals surface area contributed by atoms with E-state index in [1.54, 1.807) is 19.1 Å². The van der Waals surface area contributed by atoms with Gasteiger partial charge in [0.1, 0.15) is 18.7 Å². The van der Waals surface area contributed by atoms with Gasteiger partial charge in [-0.15, -0.1) is 0 Å². The second-order valence-electron chi connectivity index (χ2n) is 8.98. The monoisotopic (exact) mass is 417 g/mol. The molecule has 0 aliphatic carbocycles. The maximum atomic E-state index is 12.9. The maximum absolute atomic E-state index is 12.9. The van der Waals surface area contributed by atoms with E-state index in [9.17, 15) is 14.4 Å². The predicted molar refractivity (Wildman–Crippen MR) is 118 cm³/mol. The fraction of sp³-hybridized carbons (Fsp3) is 0.609. The molecule has 1 saturated heterocycles. The van der Waals surface area contributed by atoms with Gasteiger partial charge in [-0.25, -0.2) is 0 Å². The van der Waals surface area contributed by atoms with Gasteiger partial charge in [0, 0.05) is 24.3 Å². The van der Waals surface area contributed by atoms with Crippen molar-refractivity contribution < 1.29 is 19.1 Å². The van der Waals surface area contributed by atoms with Crippen molar-refractivity contribution in [3.63, 3.8) is 0 Å². The molecule has 1 fully saturated rings. The molecule has 2 N–H and O–H groups in total. The van der Waals surface area contributed by atoms with Crippen LogP contribution >= 0.6 is 0 Å². The Hall–Kier alpha value is -2.41. The topological polar surface area (TPSA) is 87.7 Å². The summed E-state index contributed by atoms with van der Waals surface area (Å²) in [5, 5.41) is 5.62. The third kappa shape index (κ3) is 6.29. The van der Waals surface area contributed by atoms with E-state index in [0.29, 0.717) is 12.0 Å². The van der Waals surface area contributed by atoms with Crippen LogP contribution in [0, 0.1) is 5.41 Å². The Bertz CT molecular complexity index is 751. The quantitative estimate of drug-likeness (QED) is 0.679. The van der Waals surface area contributed by atoms with Gasteiger partial charge in [-0.05, 0) is 56.9 Å². The Kier molecular flexibility index (Phi) is 8.01. The highest BCUT2D eigenvalue weighted by Gasteiger charge is 2.36. The van der Waals surface area contributed by atoms with E-state index < -0.39 is 12.1 Å². The first-order chi connectivity index (χ1) is 14.1. The van der Waals surface area contributed by atoms with E-state index in [1.165, 1.54) is 0 Å². The van der Waals surface area contributed by atoms with E-state index in [1.807, 2.05) is 32.9 Å². The molecule has 0 spiro atoms. The predicted octanol–water partition coefficient (Wildman–Crippen LogP) is 2.54. The van der Waals surface area contributed by atoms with Crippen molar-refractivity contribution in [2.75, 3.05) is 24.6 Å². The fourth-order valence-electron chi connectivity index (χ4n) is 3.59. The molecule has 2 rings (SSSR count). The van der Waals surface area contributed by atoms with Crippen LogP contribution in [-0.2, 0) is 14.3 Å². The normalized spacial score (nSPS) is 20.0. The third-order valence-electron chi connectivity index (χ3n) is 5.30. The molecule has 1 aliphatic heterocycles. The van der Waals surface area contributed by atoms with Crippen LogP contribution in [-0.4, -0.2) is 55.5 Å². The average Bonchev–Trinajstić information content (AvgIpc) is 2.99.